The highest BCUT2D eigenvalue weighted by molar-refractivity contribution is 5.95. The van der Waals surface area contributed by atoms with Crippen molar-refractivity contribution in [1.82, 2.24) is 9.88 Å². The molecule has 20 heavy (non-hydrogen) atoms. The fourth-order valence-corrected chi connectivity index (χ4v) is 3.02. The van der Waals surface area contributed by atoms with Crippen LogP contribution in [-0.4, -0.2) is 29.5 Å². The summed E-state index contributed by atoms with van der Waals surface area (Å²) in [6.45, 7) is 5.55. The van der Waals surface area contributed by atoms with Crippen molar-refractivity contribution < 1.29 is 0 Å². The van der Waals surface area contributed by atoms with Crippen LogP contribution in [0.4, 0.5) is 0 Å². The minimum absolute atomic E-state index is 0.718. The lowest BCUT2D eigenvalue weighted by Crippen LogP contribution is -2.30. The Hall–Kier alpha value is -2.05. The van der Waals surface area contributed by atoms with Crippen molar-refractivity contribution in [3.63, 3.8) is 0 Å². The minimum atomic E-state index is 0.718. The number of nitrogens with one attached hydrogen (secondary N) is 1. The van der Waals surface area contributed by atoms with Gasteiger partial charge in [-0.25, -0.2) is 0 Å². The fraction of sp³-hybridized carbons (Fsp3) is 0.353. The van der Waals surface area contributed by atoms with E-state index >= 15 is 0 Å². The van der Waals surface area contributed by atoms with E-state index in [2.05, 4.69) is 35.0 Å². The maximum Gasteiger partial charge on any atom is 0.101 e. The molecule has 0 bridgehead atoms. The number of aromatic nitrogens is 1. The van der Waals surface area contributed by atoms with E-state index in [9.17, 15) is 5.26 Å². The van der Waals surface area contributed by atoms with Crippen LogP contribution in [0.25, 0.3) is 16.5 Å². The van der Waals surface area contributed by atoms with E-state index in [1.807, 2.05) is 18.3 Å². The molecule has 0 radical (unpaired) electrons. The molecule has 0 spiro atoms. The molecule has 1 aromatic heterocycles. The summed E-state index contributed by atoms with van der Waals surface area (Å²) < 4.78 is 0. The van der Waals surface area contributed by atoms with E-state index in [-0.39, 0.29) is 0 Å². The first kappa shape index (κ1) is 13.0. The molecule has 3 nitrogen and oxygen atoms in total. The Morgan fingerprint density at radius 1 is 1.40 bits per heavy atom. The van der Waals surface area contributed by atoms with Gasteiger partial charge in [0.25, 0.3) is 0 Å². The number of hydrogen-bond acceptors (Lipinski definition) is 2. The Kier molecular flexibility index (Phi) is 3.58. The van der Waals surface area contributed by atoms with Crippen molar-refractivity contribution in [2.45, 2.75) is 19.8 Å². The van der Waals surface area contributed by atoms with Crippen molar-refractivity contribution in [3.8, 4) is 6.07 Å². The molecule has 102 valence electrons. The fourth-order valence-electron chi connectivity index (χ4n) is 3.02. The molecule has 0 saturated heterocycles. The molecule has 0 saturated carbocycles. The molecule has 0 atom stereocenters. The van der Waals surface area contributed by atoms with Gasteiger partial charge in [0.15, 0.2) is 0 Å². The second-order valence-corrected chi connectivity index (χ2v) is 5.34. The lowest BCUT2D eigenvalue weighted by atomic mass is 9.99. The van der Waals surface area contributed by atoms with Crippen LogP contribution in [0.5, 0.6) is 0 Å². The van der Waals surface area contributed by atoms with E-state index in [1.54, 1.807) is 0 Å². The van der Waals surface area contributed by atoms with Crippen molar-refractivity contribution in [2.24, 2.45) is 0 Å². The van der Waals surface area contributed by atoms with Crippen LogP contribution in [0.2, 0.25) is 0 Å². The third-order valence-corrected chi connectivity index (χ3v) is 3.95. The van der Waals surface area contributed by atoms with Gasteiger partial charge < -0.3 is 4.98 Å². The van der Waals surface area contributed by atoms with Crippen molar-refractivity contribution >= 4 is 16.5 Å². The Bertz CT molecular complexity index is 688. The van der Waals surface area contributed by atoms with Gasteiger partial charge in [-0.3, -0.25) is 4.90 Å². The van der Waals surface area contributed by atoms with Gasteiger partial charge in [-0.15, -0.1) is 0 Å². The first-order chi connectivity index (χ1) is 9.83. The third kappa shape index (κ3) is 2.23. The Morgan fingerprint density at radius 3 is 3.10 bits per heavy atom. The predicted molar refractivity (Wildman–Crippen MR) is 82.3 cm³/mol. The maximum atomic E-state index is 9.17. The van der Waals surface area contributed by atoms with Crippen LogP contribution < -0.4 is 0 Å². The summed E-state index contributed by atoms with van der Waals surface area (Å²) in [5.74, 6) is 0. The molecule has 3 heteroatoms. The van der Waals surface area contributed by atoms with Gasteiger partial charge >= 0.3 is 0 Å². The van der Waals surface area contributed by atoms with Crippen LogP contribution in [0.15, 0.2) is 30.5 Å². The monoisotopic (exact) mass is 265 g/mol. The molecular formula is C17H19N3. The molecule has 0 unspecified atom stereocenters. The maximum absolute atomic E-state index is 9.17. The van der Waals surface area contributed by atoms with Crippen molar-refractivity contribution in [2.75, 3.05) is 19.6 Å². The number of nitrogens with zero attached hydrogens (tertiary/aromatic N) is 2. The van der Waals surface area contributed by atoms with Gasteiger partial charge in [-0.05, 0) is 31.0 Å². The van der Waals surface area contributed by atoms with Crippen LogP contribution in [0.3, 0.4) is 0 Å². The van der Waals surface area contributed by atoms with Gasteiger partial charge in [0.05, 0.1) is 11.1 Å². The summed E-state index contributed by atoms with van der Waals surface area (Å²) in [4.78, 5) is 5.77. The summed E-state index contributed by atoms with van der Waals surface area (Å²) in [7, 11) is 0. The topological polar surface area (TPSA) is 42.8 Å². The summed E-state index contributed by atoms with van der Waals surface area (Å²) in [6, 6.07) is 8.18. The number of fused-ring (bicyclic) bond motifs is 1. The Balaban J connectivity index is 1.99. The molecule has 1 aliphatic heterocycles. The Labute approximate surface area is 119 Å². The van der Waals surface area contributed by atoms with Gasteiger partial charge in [-0.1, -0.05) is 25.1 Å². The summed E-state index contributed by atoms with van der Waals surface area (Å²) in [5.41, 5.74) is 4.30. The van der Waals surface area contributed by atoms with Crippen LogP contribution >= 0.6 is 0 Å². The molecule has 1 N–H and O–H groups in total. The number of aromatic amines is 1. The number of hydrogen-bond donors (Lipinski definition) is 1. The minimum Gasteiger partial charge on any atom is -0.359 e. The number of rotatable bonds is 3. The molecule has 2 aromatic rings. The Morgan fingerprint density at radius 2 is 2.30 bits per heavy atom. The molecule has 1 aliphatic rings. The standard InChI is InChI=1S/C17H19N3/c1-2-8-20-9-4-6-14(12-20)16-11-19-17-13(10-18)5-3-7-15(16)17/h3,5-7,11,19H,2,4,8-9,12H2,1H3. The van der Waals surface area contributed by atoms with E-state index in [1.165, 1.54) is 17.6 Å². The average molecular weight is 265 g/mol. The van der Waals surface area contributed by atoms with Crippen LogP contribution in [0, 0.1) is 11.3 Å². The van der Waals surface area contributed by atoms with Crippen molar-refractivity contribution in [1.29, 1.82) is 5.26 Å². The summed E-state index contributed by atoms with van der Waals surface area (Å²) in [5, 5.41) is 10.3. The van der Waals surface area contributed by atoms with Crippen LogP contribution in [-0.2, 0) is 0 Å². The number of nitriles is 1. The number of benzene rings is 1. The highest BCUT2D eigenvalue weighted by atomic mass is 15.1. The summed E-state index contributed by atoms with van der Waals surface area (Å²) in [6.07, 6.45) is 6.69. The largest absolute Gasteiger partial charge is 0.359 e. The molecular weight excluding hydrogens is 246 g/mol. The zero-order valence-electron chi connectivity index (χ0n) is 11.8. The first-order valence-electron chi connectivity index (χ1n) is 7.25. The zero-order chi connectivity index (χ0) is 13.9. The highest BCUT2D eigenvalue weighted by Crippen LogP contribution is 2.29. The lowest BCUT2D eigenvalue weighted by Gasteiger charge is -2.26. The highest BCUT2D eigenvalue weighted by Gasteiger charge is 2.16. The zero-order valence-corrected chi connectivity index (χ0v) is 11.8. The second-order valence-electron chi connectivity index (χ2n) is 5.34. The normalized spacial score (nSPS) is 16.1. The van der Waals surface area contributed by atoms with Crippen molar-refractivity contribution in [3.05, 3.63) is 41.6 Å². The molecule has 0 fully saturated rings. The number of para-hydroxylation sites is 1. The average Bonchev–Trinajstić information content (AvgIpc) is 2.92. The molecule has 0 aliphatic carbocycles. The number of H-pyrrole nitrogens is 1. The predicted octanol–water partition coefficient (Wildman–Crippen LogP) is 3.54. The molecule has 3 rings (SSSR count). The summed E-state index contributed by atoms with van der Waals surface area (Å²) >= 11 is 0. The van der Waals surface area contributed by atoms with E-state index in [0.29, 0.717) is 0 Å². The second kappa shape index (κ2) is 5.52. The molecule has 0 amide bonds. The van der Waals surface area contributed by atoms with Gasteiger partial charge in [-0.2, -0.15) is 5.26 Å². The van der Waals surface area contributed by atoms with E-state index in [4.69, 9.17) is 0 Å². The van der Waals surface area contributed by atoms with E-state index in [0.717, 1.165) is 42.5 Å². The third-order valence-electron chi connectivity index (χ3n) is 3.95. The van der Waals surface area contributed by atoms with Gasteiger partial charge in [0.1, 0.15) is 6.07 Å². The molecule has 2 heterocycles. The first-order valence-corrected chi connectivity index (χ1v) is 7.25. The molecule has 1 aromatic carbocycles. The van der Waals surface area contributed by atoms with Gasteiger partial charge in [0, 0.05) is 30.2 Å². The smallest absolute Gasteiger partial charge is 0.101 e. The van der Waals surface area contributed by atoms with Gasteiger partial charge in [0.2, 0.25) is 0 Å². The quantitative estimate of drug-likeness (QED) is 0.922. The van der Waals surface area contributed by atoms with E-state index < -0.39 is 0 Å². The van der Waals surface area contributed by atoms with Crippen LogP contribution in [0.1, 0.15) is 30.9 Å². The SMILES string of the molecule is CCCN1CCC=C(c2c[nH]c3c(C#N)cccc23)C1. The lowest BCUT2D eigenvalue weighted by molar-refractivity contribution is 0.305.